The molecule has 2 aromatic carbocycles. The van der Waals surface area contributed by atoms with Crippen LogP contribution in [-0.4, -0.2) is 24.3 Å². The van der Waals surface area contributed by atoms with Crippen LogP contribution in [0.4, 0.5) is 14.9 Å². The molecule has 5 nitrogen and oxygen atoms in total. The predicted molar refractivity (Wildman–Crippen MR) is 89.1 cm³/mol. The van der Waals surface area contributed by atoms with Gasteiger partial charge in [0.25, 0.3) is 0 Å². The average Bonchev–Trinajstić information content (AvgIpc) is 3.02. The van der Waals surface area contributed by atoms with Crippen molar-refractivity contribution in [2.75, 3.05) is 18.7 Å². The summed E-state index contributed by atoms with van der Waals surface area (Å²) in [5.41, 5.74) is 0.987. The maximum absolute atomic E-state index is 13.8. The highest BCUT2D eigenvalue weighted by molar-refractivity contribution is 6.30. The lowest BCUT2D eigenvalue weighted by Crippen LogP contribution is -2.34. The van der Waals surface area contributed by atoms with Gasteiger partial charge in [-0.1, -0.05) is 17.7 Å². The Morgan fingerprint density at radius 3 is 2.79 bits per heavy atom. The monoisotopic (exact) mass is 350 g/mol. The molecule has 0 aliphatic carbocycles. The Hall–Kier alpha value is -2.47. The van der Waals surface area contributed by atoms with Crippen molar-refractivity contribution >= 4 is 23.3 Å². The van der Waals surface area contributed by atoms with Crippen molar-refractivity contribution in [3.63, 3.8) is 0 Å². The van der Waals surface area contributed by atoms with Crippen molar-refractivity contribution < 1.29 is 18.7 Å². The van der Waals surface area contributed by atoms with Gasteiger partial charge in [-0.2, -0.15) is 0 Å². The molecule has 2 aromatic rings. The van der Waals surface area contributed by atoms with Gasteiger partial charge in [-0.05, 0) is 42.8 Å². The normalized spacial score (nSPS) is 12.1. The van der Waals surface area contributed by atoms with Crippen molar-refractivity contribution in [3.05, 3.63) is 52.8 Å². The zero-order valence-corrected chi connectivity index (χ0v) is 13.8. The van der Waals surface area contributed by atoms with E-state index in [1.54, 1.807) is 4.90 Å². The number of nitrogens with zero attached hydrogens (tertiary/aromatic N) is 1. The number of hydrogen-bond acceptors (Lipinski definition) is 3. The predicted octanol–water partition coefficient (Wildman–Crippen LogP) is 4.26. The summed E-state index contributed by atoms with van der Waals surface area (Å²) in [6, 6.07) is 9.23. The number of carbonyl (C=O) groups is 1. The second-order valence-corrected chi connectivity index (χ2v) is 5.69. The fourth-order valence-corrected chi connectivity index (χ4v) is 2.53. The molecule has 0 radical (unpaired) electrons. The Kier molecular flexibility index (Phi) is 4.76. The van der Waals surface area contributed by atoms with Crippen LogP contribution in [0.3, 0.4) is 0 Å². The van der Waals surface area contributed by atoms with Gasteiger partial charge in [0.05, 0.1) is 5.69 Å². The van der Waals surface area contributed by atoms with E-state index in [-0.39, 0.29) is 17.5 Å². The lowest BCUT2D eigenvalue weighted by atomic mass is 10.2. The molecule has 0 atom stereocenters. The first-order chi connectivity index (χ1) is 11.6. The van der Waals surface area contributed by atoms with Gasteiger partial charge in [0.1, 0.15) is 5.82 Å². The molecule has 0 spiro atoms. The fourth-order valence-electron chi connectivity index (χ4n) is 2.37. The van der Waals surface area contributed by atoms with E-state index in [2.05, 4.69) is 5.32 Å². The van der Waals surface area contributed by atoms with Gasteiger partial charge in [-0.3, -0.25) is 0 Å². The summed E-state index contributed by atoms with van der Waals surface area (Å²) < 4.78 is 24.4. The largest absolute Gasteiger partial charge is 0.454 e. The van der Waals surface area contributed by atoms with E-state index in [0.717, 1.165) is 11.6 Å². The highest BCUT2D eigenvalue weighted by Gasteiger charge is 2.17. The van der Waals surface area contributed by atoms with Crippen molar-refractivity contribution in [3.8, 4) is 11.5 Å². The van der Waals surface area contributed by atoms with E-state index in [1.165, 1.54) is 12.1 Å². The molecule has 3 rings (SSSR count). The van der Waals surface area contributed by atoms with Gasteiger partial charge < -0.3 is 19.7 Å². The van der Waals surface area contributed by atoms with Crippen LogP contribution in [-0.2, 0) is 6.54 Å². The Morgan fingerprint density at radius 1 is 1.25 bits per heavy atom. The number of halogens is 2. The van der Waals surface area contributed by atoms with Crippen LogP contribution in [0, 0.1) is 5.82 Å². The summed E-state index contributed by atoms with van der Waals surface area (Å²) in [6.07, 6.45) is 0. The Bertz CT molecular complexity index is 769. The molecule has 0 saturated carbocycles. The number of benzene rings is 2. The third-order valence-corrected chi connectivity index (χ3v) is 3.89. The number of amides is 2. The quantitative estimate of drug-likeness (QED) is 0.896. The number of ether oxygens (including phenoxy) is 2. The minimum atomic E-state index is -0.574. The molecule has 2 amide bonds. The van der Waals surface area contributed by atoms with Crippen molar-refractivity contribution in [2.24, 2.45) is 0 Å². The number of hydrogen-bond donors (Lipinski definition) is 1. The van der Waals surface area contributed by atoms with Gasteiger partial charge in [0, 0.05) is 18.1 Å². The number of anilines is 1. The second-order valence-electron chi connectivity index (χ2n) is 5.26. The lowest BCUT2D eigenvalue weighted by Gasteiger charge is -2.22. The highest BCUT2D eigenvalue weighted by atomic mass is 35.5. The first kappa shape index (κ1) is 16.4. The summed E-state index contributed by atoms with van der Waals surface area (Å²) in [7, 11) is 0. The first-order valence-corrected chi connectivity index (χ1v) is 7.84. The fraction of sp³-hybridized carbons (Fsp3) is 0.235. The topological polar surface area (TPSA) is 50.8 Å². The molecule has 24 heavy (non-hydrogen) atoms. The minimum Gasteiger partial charge on any atom is -0.454 e. The Morgan fingerprint density at radius 2 is 2.04 bits per heavy atom. The second kappa shape index (κ2) is 6.97. The molecular formula is C17H16ClFN2O3. The van der Waals surface area contributed by atoms with E-state index in [0.29, 0.717) is 24.6 Å². The van der Waals surface area contributed by atoms with Crippen molar-refractivity contribution in [1.82, 2.24) is 4.90 Å². The summed E-state index contributed by atoms with van der Waals surface area (Å²) in [5.74, 6) is 0.775. The molecule has 1 heterocycles. The third kappa shape index (κ3) is 3.54. The molecule has 0 bridgehead atoms. The molecule has 1 aliphatic rings. The smallest absolute Gasteiger partial charge is 0.322 e. The molecule has 0 saturated heterocycles. The molecule has 126 valence electrons. The van der Waals surface area contributed by atoms with Gasteiger partial charge in [0.15, 0.2) is 11.5 Å². The van der Waals surface area contributed by atoms with Crippen LogP contribution in [0.5, 0.6) is 11.5 Å². The third-order valence-electron chi connectivity index (χ3n) is 3.65. The Balaban J connectivity index is 1.70. The van der Waals surface area contributed by atoms with Crippen LogP contribution in [0.15, 0.2) is 36.4 Å². The number of urea groups is 1. The molecule has 0 aromatic heterocycles. The van der Waals surface area contributed by atoms with E-state index in [9.17, 15) is 9.18 Å². The maximum atomic E-state index is 13.8. The maximum Gasteiger partial charge on any atom is 0.322 e. The van der Waals surface area contributed by atoms with Crippen LogP contribution < -0.4 is 14.8 Å². The molecule has 1 aliphatic heterocycles. The molecule has 0 unspecified atom stereocenters. The van der Waals surface area contributed by atoms with Crippen molar-refractivity contribution in [2.45, 2.75) is 13.5 Å². The number of carbonyl (C=O) groups excluding carboxylic acids is 1. The van der Waals surface area contributed by atoms with Crippen LogP contribution in [0.1, 0.15) is 12.5 Å². The standard InChI is InChI=1S/C17H16ClFN2O3/c1-2-21(9-11-3-6-15-16(7-11)24-10-23-15)17(22)20-14-5-4-12(18)8-13(14)19/h3-8H,2,9-10H2,1H3,(H,20,22). The summed E-state index contributed by atoms with van der Waals surface area (Å²) in [6.45, 7) is 2.89. The molecule has 0 fully saturated rings. The van der Waals surface area contributed by atoms with Gasteiger partial charge in [-0.15, -0.1) is 0 Å². The van der Waals surface area contributed by atoms with Crippen LogP contribution in [0.2, 0.25) is 5.02 Å². The van der Waals surface area contributed by atoms with E-state index in [1.807, 2.05) is 25.1 Å². The van der Waals surface area contributed by atoms with Gasteiger partial charge >= 0.3 is 6.03 Å². The zero-order valence-electron chi connectivity index (χ0n) is 13.0. The molecule has 1 N–H and O–H groups in total. The minimum absolute atomic E-state index is 0.0912. The van der Waals surface area contributed by atoms with E-state index < -0.39 is 11.8 Å². The average molecular weight is 351 g/mol. The van der Waals surface area contributed by atoms with Crippen LogP contribution >= 0.6 is 11.6 Å². The zero-order chi connectivity index (χ0) is 17.1. The summed E-state index contributed by atoms with van der Waals surface area (Å²) in [4.78, 5) is 13.9. The molecule has 7 heteroatoms. The molecular weight excluding hydrogens is 335 g/mol. The van der Waals surface area contributed by atoms with Crippen LogP contribution in [0.25, 0.3) is 0 Å². The highest BCUT2D eigenvalue weighted by Crippen LogP contribution is 2.32. The number of fused-ring (bicyclic) bond motifs is 1. The SMILES string of the molecule is CCN(Cc1ccc2c(c1)OCO2)C(=O)Nc1ccc(Cl)cc1F. The summed E-state index contributed by atoms with van der Waals surface area (Å²) in [5, 5.41) is 2.83. The lowest BCUT2D eigenvalue weighted by molar-refractivity contribution is 0.174. The van der Waals surface area contributed by atoms with E-state index in [4.69, 9.17) is 21.1 Å². The van der Waals surface area contributed by atoms with Gasteiger partial charge in [0.2, 0.25) is 6.79 Å². The summed E-state index contributed by atoms with van der Waals surface area (Å²) >= 11 is 5.71. The Labute approximate surface area is 143 Å². The number of nitrogens with one attached hydrogen (secondary N) is 1. The number of rotatable bonds is 4. The van der Waals surface area contributed by atoms with E-state index >= 15 is 0 Å². The first-order valence-electron chi connectivity index (χ1n) is 7.46. The van der Waals surface area contributed by atoms with Gasteiger partial charge in [-0.25, -0.2) is 9.18 Å². The van der Waals surface area contributed by atoms with Crippen molar-refractivity contribution in [1.29, 1.82) is 0 Å².